The number of rotatable bonds is 5. The van der Waals surface area contributed by atoms with Crippen LogP contribution in [0.1, 0.15) is 37.0 Å². The van der Waals surface area contributed by atoms with Crippen molar-refractivity contribution in [1.29, 1.82) is 0 Å². The Hall–Kier alpha value is -3.91. The summed E-state index contributed by atoms with van der Waals surface area (Å²) in [5, 5.41) is 3.70. The standard InChI is InChI=1S/C34H32N2/c1-5-22(2)18-25-14-16-26(17-15-25)27-19-24(4)33-31(20-27)29-12-8-9-13-30(29)34-35-32(21-36(33)34)28-11-7-6-10-23(28)3/h6-17,19-22H,5,18H2,1-4H3. The quantitative estimate of drug-likeness (QED) is 0.231. The van der Waals surface area contributed by atoms with Crippen LogP contribution in [-0.2, 0) is 6.42 Å². The van der Waals surface area contributed by atoms with Gasteiger partial charge in [0.15, 0.2) is 0 Å². The molecule has 2 heterocycles. The summed E-state index contributed by atoms with van der Waals surface area (Å²) in [7, 11) is 0. The van der Waals surface area contributed by atoms with Crippen molar-refractivity contribution >= 4 is 27.3 Å². The molecular formula is C34H32N2. The van der Waals surface area contributed by atoms with Crippen LogP contribution in [0.15, 0.2) is 91.1 Å². The van der Waals surface area contributed by atoms with Crippen LogP contribution in [-0.4, -0.2) is 9.38 Å². The second kappa shape index (κ2) is 8.95. The number of aromatic nitrogens is 2. The first-order valence-electron chi connectivity index (χ1n) is 13.0. The highest BCUT2D eigenvalue weighted by molar-refractivity contribution is 6.13. The Kier molecular flexibility index (Phi) is 5.60. The molecule has 6 rings (SSSR count). The average Bonchev–Trinajstić information content (AvgIpc) is 3.34. The van der Waals surface area contributed by atoms with E-state index in [1.807, 2.05) is 0 Å². The number of hydrogen-bond donors (Lipinski definition) is 0. The van der Waals surface area contributed by atoms with E-state index in [0.29, 0.717) is 5.92 Å². The fourth-order valence-corrected chi connectivity index (χ4v) is 5.50. The van der Waals surface area contributed by atoms with Crippen molar-refractivity contribution in [1.82, 2.24) is 9.38 Å². The third-order valence-corrected chi connectivity index (χ3v) is 7.69. The maximum atomic E-state index is 5.15. The van der Waals surface area contributed by atoms with E-state index >= 15 is 0 Å². The van der Waals surface area contributed by atoms with Gasteiger partial charge in [0.05, 0.1) is 11.2 Å². The monoisotopic (exact) mass is 468 g/mol. The minimum atomic E-state index is 0.715. The zero-order valence-electron chi connectivity index (χ0n) is 21.5. The lowest BCUT2D eigenvalue weighted by Crippen LogP contribution is -1.97. The lowest BCUT2D eigenvalue weighted by molar-refractivity contribution is 0.560. The van der Waals surface area contributed by atoms with Crippen LogP contribution in [0.2, 0.25) is 0 Å². The zero-order chi connectivity index (χ0) is 24.8. The molecule has 0 aliphatic rings. The molecule has 0 spiro atoms. The molecule has 0 radical (unpaired) electrons. The molecule has 0 fully saturated rings. The van der Waals surface area contributed by atoms with Crippen molar-refractivity contribution in [3.8, 4) is 22.4 Å². The predicted molar refractivity (Wildman–Crippen MR) is 154 cm³/mol. The summed E-state index contributed by atoms with van der Waals surface area (Å²) < 4.78 is 2.30. The number of pyridine rings is 1. The zero-order valence-corrected chi connectivity index (χ0v) is 21.5. The summed E-state index contributed by atoms with van der Waals surface area (Å²) in [6.07, 6.45) is 4.57. The Bertz CT molecular complexity index is 1720. The van der Waals surface area contributed by atoms with Gasteiger partial charge in [0, 0.05) is 22.5 Å². The van der Waals surface area contributed by atoms with E-state index in [-0.39, 0.29) is 0 Å². The topological polar surface area (TPSA) is 17.3 Å². The fraction of sp³-hybridized carbons (Fsp3) is 0.206. The number of fused-ring (bicyclic) bond motifs is 6. The Balaban J connectivity index is 1.57. The highest BCUT2D eigenvalue weighted by atomic mass is 15.0. The number of imidazole rings is 1. The molecule has 6 aromatic rings. The summed E-state index contributed by atoms with van der Waals surface area (Å²) in [6, 6.07) is 31.0. The smallest absolute Gasteiger partial charge is 0.145 e. The van der Waals surface area contributed by atoms with E-state index < -0.39 is 0 Å². The second-order valence-corrected chi connectivity index (χ2v) is 10.3. The van der Waals surface area contributed by atoms with Crippen LogP contribution >= 0.6 is 0 Å². The molecule has 2 nitrogen and oxygen atoms in total. The molecule has 0 aliphatic heterocycles. The predicted octanol–water partition coefficient (Wildman–Crippen LogP) is 9.18. The fourth-order valence-electron chi connectivity index (χ4n) is 5.50. The molecule has 0 saturated carbocycles. The molecule has 0 N–H and O–H groups in total. The third-order valence-electron chi connectivity index (χ3n) is 7.69. The van der Waals surface area contributed by atoms with Gasteiger partial charge in [-0.3, -0.25) is 4.40 Å². The molecule has 2 aromatic heterocycles. The van der Waals surface area contributed by atoms with Gasteiger partial charge in [0.25, 0.3) is 0 Å². The van der Waals surface area contributed by atoms with Crippen molar-refractivity contribution in [3.63, 3.8) is 0 Å². The van der Waals surface area contributed by atoms with Gasteiger partial charge < -0.3 is 0 Å². The lowest BCUT2D eigenvalue weighted by atomic mass is 9.94. The molecule has 2 heteroatoms. The molecule has 0 bridgehead atoms. The first-order valence-corrected chi connectivity index (χ1v) is 13.0. The van der Waals surface area contributed by atoms with Gasteiger partial charge in [-0.25, -0.2) is 4.98 Å². The van der Waals surface area contributed by atoms with Gasteiger partial charge in [0.1, 0.15) is 5.65 Å². The van der Waals surface area contributed by atoms with E-state index in [1.165, 1.54) is 61.5 Å². The molecular weight excluding hydrogens is 436 g/mol. The van der Waals surface area contributed by atoms with Crippen molar-refractivity contribution in [3.05, 3.63) is 108 Å². The van der Waals surface area contributed by atoms with Crippen LogP contribution in [0.25, 0.3) is 49.7 Å². The molecule has 0 aliphatic carbocycles. The Morgan fingerprint density at radius 1 is 0.750 bits per heavy atom. The Morgan fingerprint density at radius 3 is 2.22 bits per heavy atom. The van der Waals surface area contributed by atoms with E-state index in [9.17, 15) is 0 Å². The minimum absolute atomic E-state index is 0.715. The summed E-state index contributed by atoms with van der Waals surface area (Å²) >= 11 is 0. The number of hydrogen-bond acceptors (Lipinski definition) is 1. The normalized spacial score (nSPS) is 12.6. The van der Waals surface area contributed by atoms with E-state index in [1.54, 1.807) is 0 Å². The van der Waals surface area contributed by atoms with Crippen molar-refractivity contribution in [2.24, 2.45) is 5.92 Å². The van der Waals surface area contributed by atoms with Gasteiger partial charge in [-0.1, -0.05) is 93.1 Å². The van der Waals surface area contributed by atoms with Gasteiger partial charge >= 0.3 is 0 Å². The van der Waals surface area contributed by atoms with E-state index in [2.05, 4.69) is 123 Å². The van der Waals surface area contributed by atoms with E-state index in [0.717, 1.165) is 17.8 Å². The van der Waals surface area contributed by atoms with Gasteiger partial charge in [0.2, 0.25) is 0 Å². The minimum Gasteiger partial charge on any atom is -0.298 e. The number of benzene rings is 4. The Labute approximate surface area is 213 Å². The maximum Gasteiger partial charge on any atom is 0.145 e. The van der Waals surface area contributed by atoms with Crippen LogP contribution in [0.4, 0.5) is 0 Å². The summed E-state index contributed by atoms with van der Waals surface area (Å²) in [4.78, 5) is 5.15. The SMILES string of the molecule is CCC(C)Cc1ccc(-c2cc(C)c3c(c2)c2ccccc2c2nc(-c4ccccc4C)cn23)cc1. The average molecular weight is 469 g/mol. The van der Waals surface area contributed by atoms with Crippen LogP contribution < -0.4 is 0 Å². The lowest BCUT2D eigenvalue weighted by Gasteiger charge is -2.14. The maximum absolute atomic E-state index is 5.15. The van der Waals surface area contributed by atoms with Gasteiger partial charge in [-0.05, 0) is 71.5 Å². The highest BCUT2D eigenvalue weighted by Crippen LogP contribution is 2.36. The van der Waals surface area contributed by atoms with Gasteiger partial charge in [-0.15, -0.1) is 0 Å². The van der Waals surface area contributed by atoms with Crippen LogP contribution in [0.3, 0.4) is 0 Å². The van der Waals surface area contributed by atoms with Crippen molar-refractivity contribution in [2.75, 3.05) is 0 Å². The summed E-state index contributed by atoms with van der Waals surface area (Å²) in [5.74, 6) is 0.715. The largest absolute Gasteiger partial charge is 0.298 e. The highest BCUT2D eigenvalue weighted by Gasteiger charge is 2.16. The molecule has 1 unspecified atom stereocenters. The number of nitrogens with zero attached hydrogens (tertiary/aromatic N) is 2. The number of aryl methyl sites for hydroxylation is 2. The molecule has 4 aromatic carbocycles. The first-order chi connectivity index (χ1) is 17.5. The molecule has 0 saturated heterocycles. The third kappa shape index (κ3) is 3.78. The molecule has 0 amide bonds. The van der Waals surface area contributed by atoms with Crippen molar-refractivity contribution < 1.29 is 0 Å². The molecule has 1 atom stereocenters. The van der Waals surface area contributed by atoms with E-state index in [4.69, 9.17) is 4.98 Å². The van der Waals surface area contributed by atoms with Gasteiger partial charge in [-0.2, -0.15) is 0 Å². The van der Waals surface area contributed by atoms with Crippen LogP contribution in [0.5, 0.6) is 0 Å². The summed E-state index contributed by atoms with van der Waals surface area (Å²) in [6.45, 7) is 8.97. The second-order valence-electron chi connectivity index (χ2n) is 10.3. The Morgan fingerprint density at radius 2 is 1.47 bits per heavy atom. The van der Waals surface area contributed by atoms with Crippen molar-refractivity contribution in [2.45, 2.75) is 40.5 Å². The first kappa shape index (κ1) is 22.5. The summed E-state index contributed by atoms with van der Waals surface area (Å²) in [5.41, 5.74) is 10.9. The molecule has 178 valence electrons. The molecule has 36 heavy (non-hydrogen) atoms. The van der Waals surface area contributed by atoms with Crippen LogP contribution in [0, 0.1) is 19.8 Å².